The fraction of sp³-hybridized carbons (Fsp3) is 0.100. The van der Waals surface area contributed by atoms with Gasteiger partial charge in [-0.1, -0.05) is 48.5 Å². The number of benzene rings is 3. The van der Waals surface area contributed by atoms with Gasteiger partial charge < -0.3 is 20.4 Å². The second kappa shape index (κ2) is 6.74. The molecule has 24 heavy (non-hydrogen) atoms. The van der Waals surface area contributed by atoms with Crippen LogP contribution in [-0.2, 0) is 0 Å². The summed E-state index contributed by atoms with van der Waals surface area (Å²) in [5.41, 5.74) is 2.96. The lowest BCUT2D eigenvalue weighted by atomic mass is 9.82. The molecule has 0 unspecified atom stereocenters. The van der Waals surface area contributed by atoms with Crippen molar-refractivity contribution in [3.63, 3.8) is 0 Å². The van der Waals surface area contributed by atoms with Crippen LogP contribution in [-0.4, -0.2) is 20.4 Å². The van der Waals surface area contributed by atoms with Gasteiger partial charge in [0.15, 0.2) is 6.29 Å². The van der Waals surface area contributed by atoms with Gasteiger partial charge in [-0.2, -0.15) is 0 Å². The molecule has 0 radical (unpaired) electrons. The Hall–Kier alpha value is -2.82. The lowest BCUT2D eigenvalue weighted by molar-refractivity contribution is -0.0431. The second-order valence-electron chi connectivity index (χ2n) is 5.62. The Kier molecular flexibility index (Phi) is 4.51. The summed E-state index contributed by atoms with van der Waals surface area (Å²) in [5, 5.41) is 38.5. The average Bonchev–Trinajstić information content (AvgIpc) is 2.59. The van der Waals surface area contributed by atoms with E-state index in [1.54, 1.807) is 60.7 Å². The van der Waals surface area contributed by atoms with Crippen LogP contribution in [0.5, 0.6) is 11.5 Å². The smallest absolute Gasteiger partial charge is 0.178 e. The van der Waals surface area contributed by atoms with Gasteiger partial charge >= 0.3 is 0 Å². The molecule has 4 heteroatoms. The highest BCUT2D eigenvalue weighted by molar-refractivity contribution is 5.48. The third-order valence-electron chi connectivity index (χ3n) is 4.04. The minimum absolute atomic E-state index is 0.165. The summed E-state index contributed by atoms with van der Waals surface area (Å²) in [6.07, 6.45) is -1.59. The number of phenolic OH excluding ortho intramolecular Hbond substituents is 2. The number of hydrogen-bond acceptors (Lipinski definition) is 4. The van der Waals surface area contributed by atoms with Gasteiger partial charge in [-0.3, -0.25) is 0 Å². The van der Waals surface area contributed by atoms with E-state index in [0.717, 1.165) is 16.7 Å². The summed E-state index contributed by atoms with van der Waals surface area (Å²) < 4.78 is 0. The van der Waals surface area contributed by atoms with E-state index in [0.29, 0.717) is 5.56 Å². The average molecular weight is 322 g/mol. The van der Waals surface area contributed by atoms with Crippen molar-refractivity contribution in [3.05, 3.63) is 95.1 Å². The Morgan fingerprint density at radius 2 is 0.958 bits per heavy atom. The standard InChI is InChI=1S/C20H18O4/c21-15-9-5-13(6-10-15)19(14-7-11-16(22)12-8-14)17-3-1-2-4-18(17)20(23)24/h1-12,19-24H. The minimum Gasteiger partial charge on any atom is -0.508 e. The highest BCUT2D eigenvalue weighted by Gasteiger charge is 2.21. The molecule has 3 aromatic carbocycles. The van der Waals surface area contributed by atoms with Gasteiger partial charge in [-0.05, 0) is 41.0 Å². The van der Waals surface area contributed by atoms with Crippen molar-refractivity contribution >= 4 is 0 Å². The molecule has 0 spiro atoms. The fourth-order valence-electron chi connectivity index (χ4n) is 2.89. The third-order valence-corrected chi connectivity index (χ3v) is 4.04. The van der Waals surface area contributed by atoms with E-state index in [9.17, 15) is 20.4 Å². The van der Waals surface area contributed by atoms with E-state index in [-0.39, 0.29) is 17.4 Å². The number of aromatic hydroxyl groups is 2. The largest absolute Gasteiger partial charge is 0.508 e. The van der Waals surface area contributed by atoms with E-state index in [1.807, 2.05) is 12.1 Å². The van der Waals surface area contributed by atoms with E-state index < -0.39 is 6.29 Å². The van der Waals surface area contributed by atoms with Crippen LogP contribution in [0.25, 0.3) is 0 Å². The summed E-state index contributed by atoms with van der Waals surface area (Å²) >= 11 is 0. The molecule has 0 bridgehead atoms. The Bertz CT molecular complexity index is 762. The van der Waals surface area contributed by atoms with Gasteiger partial charge in [0, 0.05) is 11.5 Å². The van der Waals surface area contributed by atoms with Crippen molar-refractivity contribution in [1.82, 2.24) is 0 Å². The van der Waals surface area contributed by atoms with Crippen molar-refractivity contribution in [3.8, 4) is 11.5 Å². The maximum atomic E-state index is 9.71. The maximum absolute atomic E-state index is 9.71. The predicted octanol–water partition coefficient (Wildman–Crippen LogP) is 3.26. The van der Waals surface area contributed by atoms with Crippen LogP contribution in [0.2, 0.25) is 0 Å². The molecule has 0 fully saturated rings. The summed E-state index contributed by atoms with van der Waals surface area (Å²) in [6, 6.07) is 20.7. The van der Waals surface area contributed by atoms with E-state index >= 15 is 0 Å². The number of phenols is 2. The van der Waals surface area contributed by atoms with Crippen molar-refractivity contribution in [2.45, 2.75) is 12.2 Å². The molecule has 122 valence electrons. The lowest BCUT2D eigenvalue weighted by Crippen LogP contribution is -2.09. The first-order chi connectivity index (χ1) is 11.6. The normalized spacial score (nSPS) is 11.2. The molecule has 0 saturated heterocycles. The first kappa shape index (κ1) is 16.1. The molecule has 0 saturated carbocycles. The Morgan fingerprint density at radius 3 is 1.38 bits per heavy atom. The maximum Gasteiger partial charge on any atom is 0.178 e. The third kappa shape index (κ3) is 3.25. The second-order valence-corrected chi connectivity index (χ2v) is 5.62. The molecule has 0 heterocycles. The van der Waals surface area contributed by atoms with Crippen LogP contribution in [0, 0.1) is 0 Å². The Morgan fingerprint density at radius 1 is 0.542 bits per heavy atom. The van der Waals surface area contributed by atoms with Gasteiger partial charge in [-0.15, -0.1) is 0 Å². The molecule has 4 N–H and O–H groups in total. The Balaban J connectivity index is 2.19. The van der Waals surface area contributed by atoms with E-state index in [1.165, 1.54) is 0 Å². The number of aliphatic hydroxyl groups excluding tert-OH is 1. The molecule has 0 aromatic heterocycles. The predicted molar refractivity (Wildman–Crippen MR) is 90.8 cm³/mol. The molecule has 0 atom stereocenters. The number of rotatable bonds is 4. The summed E-state index contributed by atoms with van der Waals surface area (Å²) in [7, 11) is 0. The highest BCUT2D eigenvalue weighted by atomic mass is 16.5. The van der Waals surface area contributed by atoms with Gasteiger partial charge in [0.2, 0.25) is 0 Å². The fourth-order valence-corrected chi connectivity index (χ4v) is 2.89. The lowest BCUT2D eigenvalue weighted by Gasteiger charge is -2.22. The molecular weight excluding hydrogens is 304 g/mol. The molecule has 0 aliphatic heterocycles. The molecule has 0 amide bonds. The first-order valence-electron chi connectivity index (χ1n) is 7.59. The van der Waals surface area contributed by atoms with Crippen molar-refractivity contribution in [2.24, 2.45) is 0 Å². The monoisotopic (exact) mass is 322 g/mol. The highest BCUT2D eigenvalue weighted by Crippen LogP contribution is 2.36. The SMILES string of the molecule is Oc1ccc(C(c2ccc(O)cc2)c2ccccc2C(O)O)cc1. The molecule has 3 aromatic rings. The zero-order valence-corrected chi connectivity index (χ0v) is 12.9. The van der Waals surface area contributed by atoms with Crippen LogP contribution >= 0.6 is 0 Å². The first-order valence-corrected chi connectivity index (χ1v) is 7.59. The molecular formula is C20H18O4. The number of hydrogen-bond donors (Lipinski definition) is 4. The van der Waals surface area contributed by atoms with Crippen LogP contribution in [0.15, 0.2) is 72.8 Å². The van der Waals surface area contributed by atoms with Gasteiger partial charge in [0.1, 0.15) is 11.5 Å². The number of aliphatic hydroxyl groups is 2. The van der Waals surface area contributed by atoms with Crippen molar-refractivity contribution in [1.29, 1.82) is 0 Å². The van der Waals surface area contributed by atoms with Crippen molar-refractivity contribution in [2.75, 3.05) is 0 Å². The summed E-state index contributed by atoms with van der Waals surface area (Å²) in [6.45, 7) is 0. The van der Waals surface area contributed by atoms with Gasteiger partial charge in [-0.25, -0.2) is 0 Å². The van der Waals surface area contributed by atoms with E-state index in [4.69, 9.17) is 0 Å². The summed E-state index contributed by atoms with van der Waals surface area (Å²) in [4.78, 5) is 0. The van der Waals surface area contributed by atoms with Crippen LogP contribution in [0.3, 0.4) is 0 Å². The topological polar surface area (TPSA) is 80.9 Å². The van der Waals surface area contributed by atoms with Crippen LogP contribution in [0.4, 0.5) is 0 Å². The quantitative estimate of drug-likeness (QED) is 0.439. The zero-order valence-electron chi connectivity index (χ0n) is 12.9. The van der Waals surface area contributed by atoms with Crippen LogP contribution < -0.4 is 0 Å². The molecule has 3 rings (SSSR count). The zero-order chi connectivity index (χ0) is 17.1. The molecule has 0 aliphatic carbocycles. The summed E-state index contributed by atoms with van der Waals surface area (Å²) in [5.74, 6) is 0.0709. The minimum atomic E-state index is -1.59. The van der Waals surface area contributed by atoms with E-state index in [2.05, 4.69) is 0 Å². The van der Waals surface area contributed by atoms with Crippen molar-refractivity contribution < 1.29 is 20.4 Å². The van der Waals surface area contributed by atoms with Gasteiger partial charge in [0.05, 0.1) is 0 Å². The Labute approximate surface area is 139 Å². The van der Waals surface area contributed by atoms with Gasteiger partial charge in [0.25, 0.3) is 0 Å². The molecule has 4 nitrogen and oxygen atoms in total. The molecule has 0 aliphatic rings. The van der Waals surface area contributed by atoms with Crippen LogP contribution in [0.1, 0.15) is 34.5 Å².